The van der Waals surface area contributed by atoms with E-state index in [0.717, 1.165) is 16.2 Å². The molecule has 1 atom stereocenters. The van der Waals surface area contributed by atoms with Gasteiger partial charge in [0.2, 0.25) is 0 Å². The fourth-order valence-corrected chi connectivity index (χ4v) is 4.55. The minimum Gasteiger partial charge on any atom is -0.481 e. The normalized spacial score (nSPS) is 13.5. The topological polar surface area (TPSA) is 95.9 Å². The van der Waals surface area contributed by atoms with Crippen LogP contribution in [0.3, 0.4) is 0 Å². The van der Waals surface area contributed by atoms with Crippen LogP contribution in [0.15, 0.2) is 64.0 Å². The predicted octanol–water partition coefficient (Wildman–Crippen LogP) is 5.73. The van der Waals surface area contributed by atoms with Crippen molar-refractivity contribution in [2.45, 2.75) is 42.0 Å². The van der Waals surface area contributed by atoms with Gasteiger partial charge in [0.15, 0.2) is 5.78 Å². The zero-order chi connectivity index (χ0) is 24.7. The molecule has 1 aliphatic heterocycles. The number of carboxylic acid groups (broad SMARTS) is 1. The van der Waals surface area contributed by atoms with E-state index in [9.17, 15) is 18.8 Å². The molecule has 1 aliphatic rings. The van der Waals surface area contributed by atoms with Gasteiger partial charge in [-0.15, -0.1) is 0 Å². The first-order valence-corrected chi connectivity index (χ1v) is 11.8. The van der Waals surface area contributed by atoms with Gasteiger partial charge in [-0.1, -0.05) is 54.9 Å². The lowest BCUT2D eigenvalue weighted by Crippen LogP contribution is -2.40. The number of nitrogens with zero attached hydrogens (tertiary/aromatic N) is 1. The molecular weight excluding hydrogens is 483 g/mol. The first kappa shape index (κ1) is 25.6. The second kappa shape index (κ2) is 11.9. The summed E-state index contributed by atoms with van der Waals surface area (Å²) in [6.45, 7) is 0.381. The Kier molecular flexibility index (Phi) is 8.95. The maximum Gasteiger partial charge on any atom is 0.419 e. The standard InChI is InChI=1S/C24H24ClFN2O5S/c1-2-3-6-16(27-17(12-23(30)31)20(29)13-26)14-33-24(32)28-18-7-4-5-8-21(18)34-22-10-9-15(25)11-19(22)28/h4-11,17,27H,2-3,12-14H2,1H3,(H,30,31)/b16-6+. The number of para-hydroxylation sites is 1. The molecule has 7 nitrogen and oxygen atoms in total. The number of carbonyl (C=O) groups is 3. The highest BCUT2D eigenvalue weighted by Crippen LogP contribution is 2.48. The number of nitrogens with one attached hydrogen (secondary N) is 1. The van der Waals surface area contributed by atoms with Crippen molar-refractivity contribution >= 4 is 52.6 Å². The summed E-state index contributed by atoms with van der Waals surface area (Å²) in [4.78, 5) is 39.4. The van der Waals surface area contributed by atoms with Crippen LogP contribution >= 0.6 is 23.4 Å². The van der Waals surface area contributed by atoms with Crippen LogP contribution in [-0.4, -0.2) is 42.3 Å². The van der Waals surface area contributed by atoms with E-state index in [1.165, 1.54) is 16.7 Å². The van der Waals surface area contributed by atoms with Crippen molar-refractivity contribution < 1.29 is 28.6 Å². The van der Waals surface area contributed by atoms with Gasteiger partial charge in [0.05, 0.1) is 23.8 Å². The number of ketones is 1. The lowest BCUT2D eigenvalue weighted by molar-refractivity contribution is -0.139. The highest BCUT2D eigenvalue weighted by molar-refractivity contribution is 7.99. The molecule has 10 heteroatoms. The van der Waals surface area contributed by atoms with Crippen LogP contribution < -0.4 is 10.2 Å². The van der Waals surface area contributed by atoms with Crippen LogP contribution in [0.25, 0.3) is 0 Å². The largest absolute Gasteiger partial charge is 0.481 e. The van der Waals surface area contributed by atoms with Crippen LogP contribution in [0.5, 0.6) is 0 Å². The Balaban J connectivity index is 1.83. The Bertz CT molecular complexity index is 1110. The number of hydrogen-bond acceptors (Lipinski definition) is 6. The summed E-state index contributed by atoms with van der Waals surface area (Å²) in [7, 11) is 0. The molecule has 180 valence electrons. The minimum absolute atomic E-state index is 0.254. The number of benzene rings is 2. The molecule has 0 saturated carbocycles. The number of alkyl halides is 1. The van der Waals surface area contributed by atoms with E-state index < -0.39 is 37.0 Å². The number of carboxylic acids is 1. The zero-order valence-electron chi connectivity index (χ0n) is 18.4. The number of rotatable bonds is 10. The molecule has 0 aliphatic carbocycles. The smallest absolute Gasteiger partial charge is 0.419 e. The van der Waals surface area contributed by atoms with Crippen molar-refractivity contribution in [3.05, 3.63) is 59.3 Å². The summed E-state index contributed by atoms with van der Waals surface area (Å²) < 4.78 is 18.5. The number of carbonyl (C=O) groups excluding carboxylic acids is 2. The fraction of sp³-hybridized carbons (Fsp3) is 0.292. The Hall–Kier alpha value is -3.04. The molecule has 0 spiro atoms. The quantitative estimate of drug-likeness (QED) is 0.424. The van der Waals surface area contributed by atoms with Crippen molar-refractivity contribution in [1.29, 1.82) is 0 Å². The third-order valence-corrected chi connectivity index (χ3v) is 6.33. The van der Waals surface area contributed by atoms with E-state index in [4.69, 9.17) is 21.4 Å². The third-order valence-electron chi connectivity index (χ3n) is 4.96. The lowest BCUT2D eigenvalue weighted by Gasteiger charge is -2.30. The van der Waals surface area contributed by atoms with E-state index >= 15 is 0 Å². The van der Waals surface area contributed by atoms with Gasteiger partial charge in [-0.25, -0.2) is 14.1 Å². The second-order valence-corrected chi connectivity index (χ2v) is 9.00. The van der Waals surface area contributed by atoms with E-state index in [-0.39, 0.29) is 6.61 Å². The fourth-order valence-electron chi connectivity index (χ4n) is 3.34. The summed E-state index contributed by atoms with van der Waals surface area (Å²) in [5.41, 5.74) is 1.54. The average Bonchev–Trinajstić information content (AvgIpc) is 2.82. The van der Waals surface area contributed by atoms with Crippen LogP contribution in [0.4, 0.5) is 20.6 Å². The summed E-state index contributed by atoms with van der Waals surface area (Å²) in [5.74, 6) is -2.14. The van der Waals surface area contributed by atoms with Crippen molar-refractivity contribution in [3.8, 4) is 0 Å². The van der Waals surface area contributed by atoms with Gasteiger partial charge in [0.25, 0.3) is 0 Å². The number of halogens is 2. The molecule has 34 heavy (non-hydrogen) atoms. The summed E-state index contributed by atoms with van der Waals surface area (Å²) in [6, 6.07) is 11.3. The van der Waals surface area contributed by atoms with Crippen molar-refractivity contribution in [2.75, 3.05) is 18.2 Å². The van der Waals surface area contributed by atoms with Crippen molar-refractivity contribution in [1.82, 2.24) is 5.32 Å². The van der Waals surface area contributed by atoms with Gasteiger partial charge in [0.1, 0.15) is 13.3 Å². The van der Waals surface area contributed by atoms with Crippen molar-refractivity contribution in [2.24, 2.45) is 0 Å². The number of aliphatic carboxylic acids is 1. The highest BCUT2D eigenvalue weighted by atomic mass is 35.5. The first-order valence-electron chi connectivity index (χ1n) is 10.6. The Morgan fingerprint density at radius 2 is 1.94 bits per heavy atom. The van der Waals surface area contributed by atoms with E-state index in [1.807, 2.05) is 31.2 Å². The number of unbranched alkanes of at least 4 members (excludes halogenated alkanes) is 1. The van der Waals surface area contributed by atoms with Crippen LogP contribution in [0.1, 0.15) is 26.2 Å². The number of allylic oxidation sites excluding steroid dienone is 1. The number of anilines is 2. The van der Waals surface area contributed by atoms with E-state index in [1.54, 1.807) is 24.3 Å². The number of fused-ring (bicyclic) bond motifs is 2. The van der Waals surface area contributed by atoms with Crippen LogP contribution in [0.2, 0.25) is 5.02 Å². The molecule has 1 unspecified atom stereocenters. The number of ether oxygens (including phenoxy) is 1. The average molecular weight is 507 g/mol. The molecule has 1 amide bonds. The molecular formula is C24H24ClFN2O5S. The molecule has 2 aromatic rings. The molecule has 1 heterocycles. The molecule has 2 N–H and O–H groups in total. The first-order chi connectivity index (χ1) is 16.3. The predicted molar refractivity (Wildman–Crippen MR) is 129 cm³/mol. The van der Waals surface area contributed by atoms with Gasteiger partial charge < -0.3 is 15.2 Å². The monoisotopic (exact) mass is 506 g/mol. The minimum atomic E-state index is -1.30. The van der Waals surface area contributed by atoms with Crippen LogP contribution in [0, 0.1) is 0 Å². The summed E-state index contributed by atoms with van der Waals surface area (Å²) in [6.07, 6.45) is 1.79. The van der Waals surface area contributed by atoms with E-state index in [2.05, 4.69) is 5.32 Å². The number of hydrogen-bond donors (Lipinski definition) is 2. The van der Waals surface area contributed by atoms with Crippen LogP contribution in [-0.2, 0) is 14.3 Å². The Labute approximate surface area is 205 Å². The molecule has 0 saturated heterocycles. The summed E-state index contributed by atoms with van der Waals surface area (Å²) in [5, 5.41) is 12.3. The van der Waals surface area contributed by atoms with Crippen molar-refractivity contribution in [3.63, 3.8) is 0 Å². The van der Waals surface area contributed by atoms with Gasteiger partial charge in [-0.3, -0.25) is 9.59 Å². The maximum atomic E-state index is 13.2. The maximum absolute atomic E-state index is 13.2. The molecule has 2 aromatic carbocycles. The lowest BCUT2D eigenvalue weighted by atomic mass is 10.1. The van der Waals surface area contributed by atoms with Gasteiger partial charge >= 0.3 is 12.1 Å². The third kappa shape index (κ3) is 6.30. The molecule has 0 aromatic heterocycles. The van der Waals surface area contributed by atoms with E-state index in [0.29, 0.717) is 28.5 Å². The molecule has 0 fully saturated rings. The van der Waals surface area contributed by atoms with Gasteiger partial charge in [0, 0.05) is 20.5 Å². The highest BCUT2D eigenvalue weighted by Gasteiger charge is 2.30. The zero-order valence-corrected chi connectivity index (χ0v) is 20.0. The molecule has 0 radical (unpaired) electrons. The van der Waals surface area contributed by atoms with Gasteiger partial charge in [-0.05, 0) is 36.8 Å². The molecule has 3 rings (SSSR count). The Morgan fingerprint density at radius 1 is 1.21 bits per heavy atom. The number of Topliss-reactive ketones (excluding diaryl/α,β-unsaturated/α-hetero) is 1. The summed E-state index contributed by atoms with van der Waals surface area (Å²) >= 11 is 7.69. The SMILES string of the molecule is CCC/C=C(\COC(=O)N1c2ccccc2Sc2ccc(Cl)cc21)NC(CC(=O)O)C(=O)CF. The Morgan fingerprint density at radius 3 is 2.65 bits per heavy atom. The number of amides is 1. The van der Waals surface area contributed by atoms with Gasteiger partial charge in [-0.2, -0.15) is 0 Å². The second-order valence-electron chi connectivity index (χ2n) is 7.48. The molecule has 0 bridgehead atoms.